The van der Waals surface area contributed by atoms with Gasteiger partial charge in [-0.15, -0.1) is 0 Å². The highest BCUT2D eigenvalue weighted by Crippen LogP contribution is 2.48. The van der Waals surface area contributed by atoms with Gasteiger partial charge in [0.2, 0.25) is 12.7 Å². The Kier molecular flexibility index (Phi) is 7.29. The number of carbonyl (C=O) groups excluding carboxylic acids is 1. The second kappa shape index (κ2) is 9.78. The maximum absolute atomic E-state index is 15.0. The number of hydrogen-bond acceptors (Lipinski definition) is 8. The van der Waals surface area contributed by atoms with Gasteiger partial charge in [0.05, 0.1) is 24.0 Å². The maximum Gasteiger partial charge on any atom is 0.275 e. The molecule has 3 atom stereocenters. The van der Waals surface area contributed by atoms with Crippen molar-refractivity contribution in [2.24, 2.45) is 16.6 Å². The molecule has 3 N–H and O–H groups in total. The third kappa shape index (κ3) is 4.53. The van der Waals surface area contributed by atoms with Crippen LogP contribution in [-0.4, -0.2) is 46.4 Å². The molecule has 1 fully saturated rings. The molecule has 0 spiro atoms. The Balaban J connectivity index is 0.00000289. The van der Waals surface area contributed by atoms with Crippen LogP contribution in [0.4, 0.5) is 14.5 Å². The van der Waals surface area contributed by atoms with E-state index < -0.39 is 24.1 Å². The molecule has 2 aliphatic rings. The lowest BCUT2D eigenvalue weighted by molar-refractivity contribution is -0.0514. The zero-order chi connectivity index (χ0) is 22.0. The summed E-state index contributed by atoms with van der Waals surface area (Å²) in [6.07, 6.45) is 2.69. The van der Waals surface area contributed by atoms with E-state index in [0.717, 1.165) is 6.20 Å². The molecular weight excluding hydrogens is 440 g/mol. The van der Waals surface area contributed by atoms with E-state index in [0.29, 0.717) is 35.2 Å². The van der Waals surface area contributed by atoms with Crippen LogP contribution in [0.25, 0.3) is 0 Å². The average Bonchev–Trinajstić information content (AvgIpc) is 2.75. The zero-order valence-electron chi connectivity index (χ0n) is 16.7. The first-order chi connectivity index (χ1) is 14.9. The van der Waals surface area contributed by atoms with Crippen molar-refractivity contribution >= 4 is 28.5 Å². The molecule has 2 aromatic rings. The number of ether oxygens (including phenoxy) is 2. The molecule has 0 unspecified atom stereocenters. The zero-order valence-corrected chi connectivity index (χ0v) is 17.5. The van der Waals surface area contributed by atoms with Crippen LogP contribution < -0.4 is 15.8 Å². The van der Waals surface area contributed by atoms with E-state index in [4.69, 9.17) is 10.5 Å². The number of nitrogens with zero attached hydrogens (tertiary/aromatic N) is 3. The summed E-state index contributed by atoms with van der Waals surface area (Å²) < 4.78 is 37.6. The predicted octanol–water partition coefficient (Wildman–Crippen LogP) is 3.49. The smallest absolute Gasteiger partial charge is 0.275 e. The number of amides is 1. The van der Waals surface area contributed by atoms with E-state index >= 15 is 4.39 Å². The van der Waals surface area contributed by atoms with Gasteiger partial charge in [-0.25, -0.2) is 18.7 Å². The van der Waals surface area contributed by atoms with Gasteiger partial charge in [0, 0.05) is 35.9 Å². The Labute approximate surface area is 189 Å². The molecule has 172 valence electrons. The molecule has 0 bridgehead atoms. The summed E-state index contributed by atoms with van der Waals surface area (Å²) in [6, 6.07) is 4.34. The Bertz CT molecular complexity index is 1010. The van der Waals surface area contributed by atoms with Crippen molar-refractivity contribution in [3.63, 3.8) is 0 Å². The number of nitrogens with one attached hydrogen (secondary N) is 1. The minimum absolute atomic E-state index is 0. The fraction of sp³-hybridized carbons (Fsp3) is 0.429. The van der Waals surface area contributed by atoms with Gasteiger partial charge >= 0.3 is 0 Å². The Morgan fingerprint density at radius 1 is 1.41 bits per heavy atom. The van der Waals surface area contributed by atoms with Crippen LogP contribution in [0, 0.1) is 11.7 Å². The van der Waals surface area contributed by atoms with Crippen LogP contribution in [0.2, 0.25) is 0 Å². The summed E-state index contributed by atoms with van der Waals surface area (Å²) in [4.78, 5) is 25.0. The Hall–Kier alpha value is -2.79. The topological polar surface area (TPSA) is 112 Å². The summed E-state index contributed by atoms with van der Waals surface area (Å²) in [5.74, 6) is -0.406. The van der Waals surface area contributed by atoms with Gasteiger partial charge in [-0.3, -0.25) is 9.79 Å². The quantitative estimate of drug-likeness (QED) is 0.695. The number of fused-ring (bicyclic) bond motifs is 1. The number of halogens is 2. The van der Waals surface area contributed by atoms with Crippen molar-refractivity contribution in [1.82, 2.24) is 9.97 Å². The van der Waals surface area contributed by atoms with Gasteiger partial charge in [-0.05, 0) is 25.1 Å². The molecule has 0 aliphatic carbocycles. The van der Waals surface area contributed by atoms with Crippen molar-refractivity contribution in [1.29, 1.82) is 0 Å². The van der Waals surface area contributed by atoms with E-state index in [1.54, 1.807) is 6.07 Å². The van der Waals surface area contributed by atoms with Gasteiger partial charge in [0.25, 0.3) is 5.91 Å². The third-order valence-electron chi connectivity index (χ3n) is 5.52. The number of hydrogen-bond donors (Lipinski definition) is 2. The number of amidine groups is 1. The van der Waals surface area contributed by atoms with Crippen molar-refractivity contribution in [3.8, 4) is 5.88 Å². The summed E-state index contributed by atoms with van der Waals surface area (Å²) >= 11 is 1.43. The second-order valence-corrected chi connectivity index (χ2v) is 8.30. The number of nitrogens with two attached hydrogens (primary N) is 1. The largest absolute Gasteiger partial charge is 0.445 e. The maximum atomic E-state index is 15.0. The first-order valence-corrected chi connectivity index (χ1v) is 10.6. The highest BCUT2D eigenvalue weighted by Gasteiger charge is 2.49. The molecule has 1 aromatic heterocycles. The van der Waals surface area contributed by atoms with Crippen molar-refractivity contribution in [2.45, 2.75) is 32.4 Å². The molecule has 1 aromatic carbocycles. The average molecular weight is 466 g/mol. The number of alkyl halides is 1. The molecule has 1 saturated heterocycles. The van der Waals surface area contributed by atoms with Gasteiger partial charge < -0.3 is 20.5 Å². The molecule has 11 heteroatoms. The molecular formula is C21H25F2N5O3S. The highest BCUT2D eigenvalue weighted by molar-refractivity contribution is 8.13. The summed E-state index contributed by atoms with van der Waals surface area (Å²) in [5, 5.41) is 3.10. The van der Waals surface area contributed by atoms with Gasteiger partial charge in [-0.2, -0.15) is 0 Å². The third-order valence-corrected chi connectivity index (χ3v) is 6.43. The standard InChI is InChI=1S/C20H21F2N5O3S.CH4/c1-11-14-9-31-19(23)27-20(14,4-5-29-11)13-6-12(2-3-15(13)22)26-18(28)16-7-25-17(8-24-16)30-10-21;/h2-3,6-8,11,14H,4-5,9-10H2,1H3,(H2,23,27)(H,26,28);1H4/t11-,14-,20-;/m1./s1. The molecule has 4 rings (SSSR count). The summed E-state index contributed by atoms with van der Waals surface area (Å²) in [7, 11) is 0. The van der Waals surface area contributed by atoms with Crippen LogP contribution in [0.5, 0.6) is 5.88 Å². The van der Waals surface area contributed by atoms with Gasteiger partial charge in [0.15, 0.2) is 5.17 Å². The molecule has 1 amide bonds. The van der Waals surface area contributed by atoms with E-state index in [1.165, 1.54) is 30.1 Å². The second-order valence-electron chi connectivity index (χ2n) is 7.26. The molecule has 3 heterocycles. The molecule has 0 radical (unpaired) electrons. The van der Waals surface area contributed by atoms with Crippen LogP contribution in [-0.2, 0) is 10.3 Å². The fourth-order valence-corrected chi connectivity index (χ4v) is 5.12. The van der Waals surface area contributed by atoms with E-state index in [-0.39, 0.29) is 31.0 Å². The van der Waals surface area contributed by atoms with E-state index in [9.17, 15) is 9.18 Å². The number of thioether (sulfide) groups is 1. The molecule has 2 aliphatic heterocycles. The van der Waals surface area contributed by atoms with Crippen molar-refractivity contribution in [3.05, 3.63) is 47.7 Å². The normalized spacial score (nSPS) is 24.5. The van der Waals surface area contributed by atoms with E-state index in [2.05, 4.69) is 25.0 Å². The molecule has 8 nitrogen and oxygen atoms in total. The lowest BCUT2D eigenvalue weighted by Crippen LogP contribution is -2.50. The van der Waals surface area contributed by atoms with Gasteiger partial charge in [0.1, 0.15) is 11.5 Å². The summed E-state index contributed by atoms with van der Waals surface area (Å²) in [5.41, 5.74) is 5.91. The number of aromatic nitrogens is 2. The minimum atomic E-state index is -1.05. The lowest BCUT2D eigenvalue weighted by Gasteiger charge is -2.47. The molecule has 0 saturated carbocycles. The summed E-state index contributed by atoms with van der Waals surface area (Å²) in [6.45, 7) is 1.34. The number of anilines is 1. The van der Waals surface area contributed by atoms with Crippen molar-refractivity contribution in [2.75, 3.05) is 24.5 Å². The van der Waals surface area contributed by atoms with Gasteiger partial charge in [-0.1, -0.05) is 19.2 Å². The lowest BCUT2D eigenvalue weighted by atomic mass is 9.72. The number of rotatable bonds is 5. The minimum Gasteiger partial charge on any atom is -0.445 e. The van der Waals surface area contributed by atoms with E-state index in [1.807, 2.05) is 6.92 Å². The van der Waals surface area contributed by atoms with Crippen LogP contribution in [0.1, 0.15) is 36.8 Å². The highest BCUT2D eigenvalue weighted by atomic mass is 32.2. The fourth-order valence-electron chi connectivity index (χ4n) is 3.99. The van der Waals surface area contributed by atoms with Crippen LogP contribution in [0.15, 0.2) is 35.6 Å². The Morgan fingerprint density at radius 2 is 2.22 bits per heavy atom. The SMILES string of the molecule is C.C[C@H]1OCC[C@]2(c3cc(NC(=O)c4cnc(OCF)cn4)ccc3F)N=C(N)SC[C@H]12. The van der Waals surface area contributed by atoms with Crippen molar-refractivity contribution < 1.29 is 23.0 Å². The number of carbonyl (C=O) groups is 1. The van der Waals surface area contributed by atoms with Crippen LogP contribution >= 0.6 is 11.8 Å². The number of aliphatic imine (C=N–C) groups is 1. The first kappa shape index (κ1) is 23.9. The first-order valence-electron chi connectivity index (χ1n) is 9.65. The molecule has 32 heavy (non-hydrogen) atoms. The van der Waals surface area contributed by atoms with Crippen LogP contribution in [0.3, 0.4) is 0 Å². The monoisotopic (exact) mass is 465 g/mol. The Morgan fingerprint density at radius 3 is 2.94 bits per heavy atom. The predicted molar refractivity (Wildman–Crippen MR) is 119 cm³/mol. The number of benzene rings is 1.